The van der Waals surface area contributed by atoms with Crippen molar-refractivity contribution in [2.45, 2.75) is 51.8 Å². The summed E-state index contributed by atoms with van der Waals surface area (Å²) in [4.78, 5) is 24.6. The number of piperidine rings is 1. The van der Waals surface area contributed by atoms with E-state index in [1.807, 2.05) is 20.8 Å². The Balaban J connectivity index is 1.83. The third-order valence-electron chi connectivity index (χ3n) is 3.51. The SMILES string of the molecule is CC(C)(C)OC(=O)N1CCCC(NCc2ccc(C(=O)O)o2)C1. The van der Waals surface area contributed by atoms with E-state index >= 15 is 0 Å². The van der Waals surface area contributed by atoms with Crippen molar-refractivity contribution >= 4 is 12.1 Å². The smallest absolute Gasteiger partial charge is 0.410 e. The molecule has 2 heterocycles. The zero-order chi connectivity index (χ0) is 17.0. The van der Waals surface area contributed by atoms with Crippen molar-refractivity contribution in [1.82, 2.24) is 10.2 Å². The minimum absolute atomic E-state index is 0.0687. The van der Waals surface area contributed by atoms with Crippen LogP contribution in [0.25, 0.3) is 0 Å². The van der Waals surface area contributed by atoms with Gasteiger partial charge in [-0.05, 0) is 45.7 Å². The molecule has 1 amide bonds. The maximum absolute atomic E-state index is 12.1. The third kappa shape index (κ3) is 5.28. The highest BCUT2D eigenvalue weighted by atomic mass is 16.6. The summed E-state index contributed by atoms with van der Waals surface area (Å²) in [6, 6.07) is 3.22. The van der Waals surface area contributed by atoms with E-state index < -0.39 is 11.6 Å². The molecular formula is C16H24N2O5. The van der Waals surface area contributed by atoms with E-state index in [2.05, 4.69) is 5.32 Å². The highest BCUT2D eigenvalue weighted by molar-refractivity contribution is 5.84. The highest BCUT2D eigenvalue weighted by Gasteiger charge is 2.27. The maximum atomic E-state index is 12.1. The Kier molecular flexibility index (Phi) is 5.30. The number of likely N-dealkylation sites (tertiary alicyclic amines) is 1. The molecule has 0 radical (unpaired) electrons. The van der Waals surface area contributed by atoms with Crippen LogP contribution in [0.1, 0.15) is 49.9 Å². The molecule has 2 N–H and O–H groups in total. The van der Waals surface area contributed by atoms with Gasteiger partial charge < -0.3 is 24.5 Å². The van der Waals surface area contributed by atoms with Gasteiger partial charge in [-0.2, -0.15) is 0 Å². The first-order chi connectivity index (χ1) is 10.7. The van der Waals surface area contributed by atoms with Gasteiger partial charge in [0.05, 0.1) is 6.54 Å². The van der Waals surface area contributed by atoms with Crippen LogP contribution in [-0.2, 0) is 11.3 Å². The lowest BCUT2D eigenvalue weighted by atomic mass is 10.1. The number of amides is 1. The number of aromatic carboxylic acids is 1. The molecule has 0 spiro atoms. The van der Waals surface area contributed by atoms with Crippen LogP contribution in [0.2, 0.25) is 0 Å². The zero-order valence-corrected chi connectivity index (χ0v) is 13.8. The molecule has 0 aliphatic carbocycles. The van der Waals surface area contributed by atoms with Gasteiger partial charge in [-0.25, -0.2) is 9.59 Å². The van der Waals surface area contributed by atoms with Crippen molar-refractivity contribution in [3.63, 3.8) is 0 Å². The average Bonchev–Trinajstić information content (AvgIpc) is 2.93. The Labute approximate surface area is 135 Å². The van der Waals surface area contributed by atoms with Gasteiger partial charge in [0.25, 0.3) is 0 Å². The summed E-state index contributed by atoms with van der Waals surface area (Å²) in [6.07, 6.45) is 1.55. The van der Waals surface area contributed by atoms with Crippen LogP contribution in [0.4, 0.5) is 4.79 Å². The molecule has 1 aliphatic rings. The van der Waals surface area contributed by atoms with E-state index in [4.69, 9.17) is 14.3 Å². The van der Waals surface area contributed by atoms with E-state index in [0.717, 1.165) is 12.8 Å². The topological polar surface area (TPSA) is 92.0 Å². The van der Waals surface area contributed by atoms with Gasteiger partial charge >= 0.3 is 12.1 Å². The highest BCUT2D eigenvalue weighted by Crippen LogP contribution is 2.16. The number of hydrogen-bond donors (Lipinski definition) is 2. The predicted molar refractivity (Wildman–Crippen MR) is 83.3 cm³/mol. The van der Waals surface area contributed by atoms with Crippen LogP contribution in [0.5, 0.6) is 0 Å². The molecule has 1 unspecified atom stereocenters. The largest absolute Gasteiger partial charge is 0.475 e. The van der Waals surface area contributed by atoms with E-state index in [9.17, 15) is 9.59 Å². The number of carbonyl (C=O) groups is 2. The summed E-state index contributed by atoms with van der Waals surface area (Å²) >= 11 is 0. The fourth-order valence-corrected chi connectivity index (χ4v) is 2.47. The first-order valence-electron chi connectivity index (χ1n) is 7.78. The summed E-state index contributed by atoms with van der Waals surface area (Å²) < 4.78 is 10.6. The van der Waals surface area contributed by atoms with Crippen molar-refractivity contribution in [3.05, 3.63) is 23.7 Å². The summed E-state index contributed by atoms with van der Waals surface area (Å²) in [5, 5.41) is 12.1. The van der Waals surface area contributed by atoms with Crippen molar-refractivity contribution in [3.8, 4) is 0 Å². The zero-order valence-electron chi connectivity index (χ0n) is 13.8. The fourth-order valence-electron chi connectivity index (χ4n) is 2.47. The number of ether oxygens (including phenoxy) is 1. The number of nitrogens with zero attached hydrogens (tertiary/aromatic N) is 1. The molecule has 1 aromatic heterocycles. The summed E-state index contributed by atoms with van der Waals surface area (Å²) in [5.74, 6) is -0.581. The monoisotopic (exact) mass is 324 g/mol. The molecule has 7 heteroatoms. The molecule has 1 aromatic rings. The van der Waals surface area contributed by atoms with Crippen molar-refractivity contribution in [2.75, 3.05) is 13.1 Å². The van der Waals surface area contributed by atoms with Gasteiger partial charge in [0, 0.05) is 19.1 Å². The van der Waals surface area contributed by atoms with Crippen LogP contribution in [-0.4, -0.2) is 46.8 Å². The van der Waals surface area contributed by atoms with E-state index in [0.29, 0.717) is 25.4 Å². The molecule has 1 atom stereocenters. The predicted octanol–water partition coefficient (Wildman–Crippen LogP) is 2.47. The second-order valence-electron chi connectivity index (χ2n) is 6.72. The third-order valence-corrected chi connectivity index (χ3v) is 3.51. The summed E-state index contributed by atoms with van der Waals surface area (Å²) in [5.41, 5.74) is -0.501. The lowest BCUT2D eigenvalue weighted by Gasteiger charge is -2.34. The molecule has 1 aliphatic heterocycles. The van der Waals surface area contributed by atoms with Crippen molar-refractivity contribution in [2.24, 2.45) is 0 Å². The molecule has 128 valence electrons. The molecule has 23 heavy (non-hydrogen) atoms. The maximum Gasteiger partial charge on any atom is 0.410 e. The number of rotatable bonds is 4. The lowest BCUT2D eigenvalue weighted by Crippen LogP contribution is -2.49. The van der Waals surface area contributed by atoms with Crippen LogP contribution in [0, 0.1) is 0 Å². The van der Waals surface area contributed by atoms with Crippen LogP contribution in [0.15, 0.2) is 16.5 Å². The van der Waals surface area contributed by atoms with Gasteiger partial charge in [0.1, 0.15) is 11.4 Å². The molecule has 2 rings (SSSR count). The molecule has 0 bridgehead atoms. The molecule has 1 fully saturated rings. The van der Waals surface area contributed by atoms with E-state index in [1.54, 1.807) is 11.0 Å². The Hall–Kier alpha value is -2.02. The molecule has 1 saturated heterocycles. The number of carboxylic acid groups (broad SMARTS) is 1. The average molecular weight is 324 g/mol. The van der Waals surface area contributed by atoms with Gasteiger partial charge in [0.15, 0.2) is 0 Å². The molecule has 7 nitrogen and oxygen atoms in total. The molecule has 0 aromatic carbocycles. The second-order valence-corrected chi connectivity index (χ2v) is 6.72. The van der Waals surface area contributed by atoms with Gasteiger partial charge in [-0.15, -0.1) is 0 Å². The Morgan fingerprint density at radius 3 is 2.78 bits per heavy atom. The minimum Gasteiger partial charge on any atom is -0.475 e. The van der Waals surface area contributed by atoms with E-state index in [-0.39, 0.29) is 17.9 Å². The standard InChI is InChI=1S/C16H24N2O5/c1-16(2,3)23-15(21)18-8-4-5-11(10-18)17-9-12-6-7-13(22-12)14(19)20/h6-7,11,17H,4-5,8-10H2,1-3H3,(H,19,20). The van der Waals surface area contributed by atoms with Crippen LogP contribution in [0.3, 0.4) is 0 Å². The molecular weight excluding hydrogens is 300 g/mol. The Morgan fingerprint density at radius 1 is 1.43 bits per heavy atom. The minimum atomic E-state index is -1.08. The number of carboxylic acids is 1. The van der Waals surface area contributed by atoms with Crippen LogP contribution >= 0.6 is 0 Å². The normalized spacial score (nSPS) is 18.7. The lowest BCUT2D eigenvalue weighted by molar-refractivity contribution is 0.0186. The number of carbonyl (C=O) groups excluding carboxylic acids is 1. The van der Waals surface area contributed by atoms with Crippen molar-refractivity contribution in [1.29, 1.82) is 0 Å². The second kappa shape index (κ2) is 7.04. The van der Waals surface area contributed by atoms with E-state index in [1.165, 1.54) is 6.07 Å². The first kappa shape index (κ1) is 17.3. The summed E-state index contributed by atoms with van der Waals surface area (Å²) in [7, 11) is 0. The van der Waals surface area contributed by atoms with Crippen LogP contribution < -0.4 is 5.32 Å². The number of furan rings is 1. The Morgan fingerprint density at radius 2 is 2.17 bits per heavy atom. The Bertz CT molecular complexity index is 561. The van der Waals surface area contributed by atoms with Gasteiger partial charge in [0.2, 0.25) is 5.76 Å². The van der Waals surface area contributed by atoms with Crippen molar-refractivity contribution < 1.29 is 23.8 Å². The van der Waals surface area contributed by atoms with Gasteiger partial charge in [-0.1, -0.05) is 0 Å². The summed E-state index contributed by atoms with van der Waals surface area (Å²) in [6.45, 7) is 7.24. The quantitative estimate of drug-likeness (QED) is 0.884. The number of nitrogens with one attached hydrogen (secondary N) is 1. The molecule has 0 saturated carbocycles. The van der Waals surface area contributed by atoms with Gasteiger partial charge in [-0.3, -0.25) is 0 Å². The number of hydrogen-bond acceptors (Lipinski definition) is 5. The first-order valence-corrected chi connectivity index (χ1v) is 7.78. The fraction of sp³-hybridized carbons (Fsp3) is 0.625.